The predicted molar refractivity (Wildman–Crippen MR) is 60.9 cm³/mol. The lowest BCUT2D eigenvalue weighted by Crippen LogP contribution is -2.39. The molecule has 2 aliphatic rings. The predicted octanol–water partition coefficient (Wildman–Crippen LogP) is 0.0917. The number of hydrogen-bond acceptors (Lipinski definition) is 4. The zero-order valence-corrected chi connectivity index (χ0v) is 9.76. The highest BCUT2D eigenvalue weighted by Crippen LogP contribution is 2.19. The number of hydrogen-bond donors (Lipinski definition) is 1. The molecule has 1 saturated heterocycles. The Bertz CT molecular complexity index is 361. The van der Waals surface area contributed by atoms with Gasteiger partial charge in [0, 0.05) is 25.7 Å². The van der Waals surface area contributed by atoms with E-state index in [4.69, 9.17) is 0 Å². The Morgan fingerprint density at radius 2 is 2.44 bits per heavy atom. The van der Waals surface area contributed by atoms with Crippen LogP contribution in [0.2, 0.25) is 0 Å². The molecule has 3 heterocycles. The van der Waals surface area contributed by atoms with Gasteiger partial charge in [-0.25, -0.2) is 0 Å². The van der Waals surface area contributed by atoms with Gasteiger partial charge < -0.3 is 9.88 Å². The van der Waals surface area contributed by atoms with Crippen molar-refractivity contribution in [2.45, 2.75) is 32.5 Å². The molecule has 2 aliphatic heterocycles. The molecule has 0 aliphatic carbocycles. The lowest BCUT2D eigenvalue weighted by molar-refractivity contribution is 0.180. The Balaban J connectivity index is 1.61. The van der Waals surface area contributed by atoms with E-state index in [1.54, 1.807) is 0 Å². The second-order valence-corrected chi connectivity index (χ2v) is 4.97. The van der Waals surface area contributed by atoms with Crippen molar-refractivity contribution in [3.8, 4) is 0 Å². The minimum absolute atomic E-state index is 0.666. The van der Waals surface area contributed by atoms with E-state index < -0.39 is 0 Å². The van der Waals surface area contributed by atoms with Crippen molar-refractivity contribution in [1.29, 1.82) is 0 Å². The largest absolute Gasteiger partial charge is 0.315 e. The van der Waals surface area contributed by atoms with Crippen LogP contribution in [0.3, 0.4) is 0 Å². The van der Waals surface area contributed by atoms with Crippen LogP contribution in [0.5, 0.6) is 0 Å². The fourth-order valence-electron chi connectivity index (χ4n) is 2.77. The molecule has 5 nitrogen and oxygen atoms in total. The summed E-state index contributed by atoms with van der Waals surface area (Å²) in [6.45, 7) is 7.80. The molecule has 1 aromatic heterocycles. The molecule has 88 valence electrons. The van der Waals surface area contributed by atoms with Gasteiger partial charge >= 0.3 is 0 Å². The van der Waals surface area contributed by atoms with Crippen LogP contribution >= 0.6 is 0 Å². The van der Waals surface area contributed by atoms with Gasteiger partial charge in [-0.3, -0.25) is 4.90 Å². The summed E-state index contributed by atoms with van der Waals surface area (Å²) in [5, 5.41) is 11.6. The molecule has 0 saturated carbocycles. The highest BCUT2D eigenvalue weighted by molar-refractivity contribution is 4.91. The van der Waals surface area contributed by atoms with Crippen LogP contribution in [0.4, 0.5) is 0 Å². The second kappa shape index (κ2) is 4.14. The smallest absolute Gasteiger partial charge is 0.147 e. The number of aromatic nitrogens is 3. The third-order valence-corrected chi connectivity index (χ3v) is 3.90. The van der Waals surface area contributed by atoms with Gasteiger partial charge in [0.25, 0.3) is 0 Å². The summed E-state index contributed by atoms with van der Waals surface area (Å²) < 4.78 is 2.16. The summed E-state index contributed by atoms with van der Waals surface area (Å²) in [7, 11) is 0. The summed E-state index contributed by atoms with van der Waals surface area (Å²) in [5.74, 6) is 1.92. The Morgan fingerprint density at radius 3 is 3.25 bits per heavy atom. The van der Waals surface area contributed by atoms with Gasteiger partial charge in [-0.05, 0) is 25.8 Å². The molecule has 1 fully saturated rings. The molecule has 0 bridgehead atoms. The van der Waals surface area contributed by atoms with Crippen molar-refractivity contribution in [3.63, 3.8) is 0 Å². The fraction of sp³-hybridized carbons (Fsp3) is 0.818. The van der Waals surface area contributed by atoms with E-state index >= 15 is 0 Å². The number of nitrogens with zero attached hydrogens (tertiary/aromatic N) is 4. The molecule has 0 aromatic carbocycles. The molecule has 3 rings (SSSR count). The van der Waals surface area contributed by atoms with E-state index in [1.807, 2.05) is 6.33 Å². The average Bonchev–Trinajstić information content (AvgIpc) is 2.88. The summed E-state index contributed by atoms with van der Waals surface area (Å²) in [6.07, 6.45) is 3.15. The highest BCUT2D eigenvalue weighted by Gasteiger charge is 2.26. The lowest BCUT2D eigenvalue weighted by Gasteiger charge is -2.30. The van der Waals surface area contributed by atoms with Gasteiger partial charge in [0.1, 0.15) is 12.2 Å². The van der Waals surface area contributed by atoms with Crippen molar-refractivity contribution < 1.29 is 0 Å². The summed E-state index contributed by atoms with van der Waals surface area (Å²) in [4.78, 5) is 2.51. The fourth-order valence-corrected chi connectivity index (χ4v) is 2.77. The topological polar surface area (TPSA) is 46.0 Å². The zero-order chi connectivity index (χ0) is 11.0. The van der Waals surface area contributed by atoms with E-state index in [0.29, 0.717) is 6.04 Å². The molecule has 1 N–H and O–H groups in total. The Kier molecular flexibility index (Phi) is 2.65. The SMILES string of the molecule is CC1NCCC1CN1CCn2cnnc2C1. The van der Waals surface area contributed by atoms with E-state index in [2.05, 4.69) is 31.9 Å². The Hall–Kier alpha value is -0.940. The van der Waals surface area contributed by atoms with Crippen molar-refractivity contribution in [3.05, 3.63) is 12.2 Å². The van der Waals surface area contributed by atoms with Crippen LogP contribution in [0.25, 0.3) is 0 Å². The maximum absolute atomic E-state index is 4.16. The van der Waals surface area contributed by atoms with E-state index in [-0.39, 0.29) is 0 Å². The van der Waals surface area contributed by atoms with Crippen molar-refractivity contribution in [1.82, 2.24) is 25.0 Å². The van der Waals surface area contributed by atoms with Crippen LogP contribution < -0.4 is 5.32 Å². The third kappa shape index (κ3) is 1.85. The molecule has 0 amide bonds. The molecule has 5 heteroatoms. The first-order chi connectivity index (χ1) is 7.83. The lowest BCUT2D eigenvalue weighted by atomic mass is 10.0. The van der Waals surface area contributed by atoms with E-state index in [0.717, 1.165) is 31.4 Å². The van der Waals surface area contributed by atoms with Crippen LogP contribution in [-0.2, 0) is 13.1 Å². The van der Waals surface area contributed by atoms with E-state index in [1.165, 1.54) is 19.5 Å². The van der Waals surface area contributed by atoms with Crippen LogP contribution in [0.15, 0.2) is 6.33 Å². The zero-order valence-electron chi connectivity index (χ0n) is 9.76. The monoisotopic (exact) mass is 221 g/mol. The molecular formula is C11H19N5. The van der Waals surface area contributed by atoms with Gasteiger partial charge in [0.15, 0.2) is 0 Å². The maximum atomic E-state index is 4.16. The molecule has 1 aromatic rings. The second-order valence-electron chi connectivity index (χ2n) is 4.97. The standard InChI is InChI=1S/C11H19N5/c1-9-10(2-3-12-9)6-15-4-5-16-8-13-14-11(16)7-15/h8-10,12H,2-7H2,1H3. The number of fused-ring (bicyclic) bond motifs is 1. The molecule has 0 spiro atoms. The van der Waals surface area contributed by atoms with E-state index in [9.17, 15) is 0 Å². The molecular weight excluding hydrogens is 202 g/mol. The summed E-state index contributed by atoms with van der Waals surface area (Å²) in [5.41, 5.74) is 0. The number of nitrogens with one attached hydrogen (secondary N) is 1. The van der Waals surface area contributed by atoms with Crippen molar-refractivity contribution >= 4 is 0 Å². The highest BCUT2D eigenvalue weighted by atomic mass is 15.3. The molecule has 0 radical (unpaired) electrons. The van der Waals surface area contributed by atoms with Crippen LogP contribution in [0.1, 0.15) is 19.2 Å². The normalized spacial score (nSPS) is 30.6. The molecule has 16 heavy (non-hydrogen) atoms. The number of rotatable bonds is 2. The van der Waals surface area contributed by atoms with Gasteiger partial charge in [0.2, 0.25) is 0 Å². The summed E-state index contributed by atoms with van der Waals surface area (Å²) in [6, 6.07) is 0.666. The van der Waals surface area contributed by atoms with Crippen molar-refractivity contribution in [2.75, 3.05) is 19.6 Å². The Labute approximate surface area is 95.8 Å². The minimum Gasteiger partial charge on any atom is -0.315 e. The summed E-state index contributed by atoms with van der Waals surface area (Å²) >= 11 is 0. The first-order valence-corrected chi connectivity index (χ1v) is 6.15. The van der Waals surface area contributed by atoms with Gasteiger partial charge in [0.05, 0.1) is 6.54 Å². The molecule has 2 unspecified atom stereocenters. The third-order valence-electron chi connectivity index (χ3n) is 3.90. The Morgan fingerprint density at radius 1 is 1.50 bits per heavy atom. The average molecular weight is 221 g/mol. The quantitative estimate of drug-likeness (QED) is 0.769. The minimum atomic E-state index is 0.666. The molecule has 2 atom stereocenters. The van der Waals surface area contributed by atoms with Gasteiger partial charge in [-0.15, -0.1) is 10.2 Å². The van der Waals surface area contributed by atoms with Gasteiger partial charge in [-0.1, -0.05) is 0 Å². The first-order valence-electron chi connectivity index (χ1n) is 6.15. The van der Waals surface area contributed by atoms with Crippen LogP contribution in [-0.4, -0.2) is 45.3 Å². The maximum Gasteiger partial charge on any atom is 0.147 e. The first kappa shape index (κ1) is 10.2. The van der Waals surface area contributed by atoms with Crippen LogP contribution in [0, 0.1) is 5.92 Å². The van der Waals surface area contributed by atoms with Gasteiger partial charge in [-0.2, -0.15) is 0 Å². The van der Waals surface area contributed by atoms with Crippen molar-refractivity contribution in [2.24, 2.45) is 5.92 Å².